The SMILES string of the molecule is COc1nc(/C(N)=N/OCC(OC)OC)ccc1-n1cnc(C)c1. The molecule has 2 heterocycles. The highest BCUT2D eigenvalue weighted by molar-refractivity contribution is 5.95. The molecule has 0 unspecified atom stereocenters. The lowest BCUT2D eigenvalue weighted by Crippen LogP contribution is -2.21. The molecule has 0 amide bonds. The normalized spacial score (nSPS) is 11.8. The molecule has 0 aliphatic rings. The zero-order valence-corrected chi connectivity index (χ0v) is 14.1. The third-order valence-electron chi connectivity index (χ3n) is 3.19. The smallest absolute Gasteiger partial charge is 0.238 e. The molecule has 2 aromatic heterocycles. The van der Waals surface area contributed by atoms with Crippen LogP contribution in [-0.2, 0) is 14.3 Å². The summed E-state index contributed by atoms with van der Waals surface area (Å²) in [6.45, 7) is 2.01. The van der Waals surface area contributed by atoms with Crippen molar-refractivity contribution in [1.82, 2.24) is 14.5 Å². The van der Waals surface area contributed by atoms with Crippen molar-refractivity contribution in [3.63, 3.8) is 0 Å². The van der Waals surface area contributed by atoms with Crippen LogP contribution in [0, 0.1) is 6.92 Å². The van der Waals surface area contributed by atoms with Crippen LogP contribution in [0.3, 0.4) is 0 Å². The molecular formula is C15H21N5O4. The molecule has 0 fully saturated rings. The number of oxime groups is 1. The first-order valence-electron chi connectivity index (χ1n) is 7.16. The molecule has 0 atom stereocenters. The van der Waals surface area contributed by atoms with E-state index in [4.69, 9.17) is 24.8 Å². The topological polar surface area (TPSA) is 106 Å². The summed E-state index contributed by atoms with van der Waals surface area (Å²) in [5.74, 6) is 0.516. The molecule has 24 heavy (non-hydrogen) atoms. The monoisotopic (exact) mass is 335 g/mol. The van der Waals surface area contributed by atoms with Gasteiger partial charge in [-0.2, -0.15) is 0 Å². The molecule has 0 aliphatic carbocycles. The number of rotatable bonds is 8. The van der Waals surface area contributed by atoms with Gasteiger partial charge >= 0.3 is 0 Å². The van der Waals surface area contributed by atoms with Gasteiger partial charge in [0.25, 0.3) is 0 Å². The molecule has 2 rings (SSSR count). The summed E-state index contributed by atoms with van der Waals surface area (Å²) in [6, 6.07) is 3.54. The number of hydrogen-bond acceptors (Lipinski definition) is 7. The zero-order chi connectivity index (χ0) is 17.5. The third kappa shape index (κ3) is 4.21. The molecule has 9 nitrogen and oxygen atoms in total. The highest BCUT2D eigenvalue weighted by Crippen LogP contribution is 2.20. The number of amidine groups is 1. The van der Waals surface area contributed by atoms with Crippen molar-refractivity contribution in [2.75, 3.05) is 27.9 Å². The van der Waals surface area contributed by atoms with Crippen molar-refractivity contribution in [1.29, 1.82) is 0 Å². The maximum absolute atomic E-state index is 5.89. The number of hydrogen-bond donors (Lipinski definition) is 1. The number of aryl methyl sites for hydroxylation is 1. The average Bonchev–Trinajstić information content (AvgIpc) is 3.04. The van der Waals surface area contributed by atoms with Gasteiger partial charge in [0, 0.05) is 20.4 Å². The molecule has 130 valence electrons. The van der Waals surface area contributed by atoms with Crippen LogP contribution >= 0.6 is 0 Å². The predicted molar refractivity (Wildman–Crippen MR) is 87.1 cm³/mol. The van der Waals surface area contributed by atoms with Crippen molar-refractivity contribution >= 4 is 5.84 Å². The fourth-order valence-corrected chi connectivity index (χ4v) is 1.92. The van der Waals surface area contributed by atoms with Crippen LogP contribution in [0.1, 0.15) is 11.4 Å². The van der Waals surface area contributed by atoms with Gasteiger partial charge in [-0.3, -0.25) is 0 Å². The van der Waals surface area contributed by atoms with Gasteiger partial charge in [0.15, 0.2) is 18.7 Å². The van der Waals surface area contributed by atoms with Gasteiger partial charge in [0.1, 0.15) is 11.4 Å². The average molecular weight is 335 g/mol. The van der Waals surface area contributed by atoms with Crippen molar-refractivity contribution in [3.8, 4) is 11.6 Å². The van der Waals surface area contributed by atoms with Crippen molar-refractivity contribution in [2.45, 2.75) is 13.2 Å². The summed E-state index contributed by atoms with van der Waals surface area (Å²) in [6.07, 6.45) is 3.04. The summed E-state index contributed by atoms with van der Waals surface area (Å²) >= 11 is 0. The van der Waals surface area contributed by atoms with Crippen LogP contribution in [0.25, 0.3) is 5.69 Å². The number of nitrogens with two attached hydrogens (primary N) is 1. The highest BCUT2D eigenvalue weighted by atomic mass is 16.7. The fraction of sp³-hybridized carbons (Fsp3) is 0.400. The van der Waals surface area contributed by atoms with Gasteiger partial charge in [-0.15, -0.1) is 0 Å². The molecule has 9 heteroatoms. The summed E-state index contributed by atoms with van der Waals surface area (Å²) in [4.78, 5) is 13.6. The largest absolute Gasteiger partial charge is 0.479 e. The maximum atomic E-state index is 5.89. The Hall–Kier alpha value is -2.65. The lowest BCUT2D eigenvalue weighted by Gasteiger charge is -2.12. The first kappa shape index (κ1) is 17.7. The Morgan fingerprint density at radius 2 is 2.04 bits per heavy atom. The third-order valence-corrected chi connectivity index (χ3v) is 3.19. The predicted octanol–water partition coefficient (Wildman–Crippen LogP) is 0.840. The van der Waals surface area contributed by atoms with E-state index in [2.05, 4.69) is 15.1 Å². The van der Waals surface area contributed by atoms with Gasteiger partial charge < -0.3 is 29.3 Å². The lowest BCUT2D eigenvalue weighted by atomic mass is 10.3. The van der Waals surface area contributed by atoms with E-state index in [9.17, 15) is 0 Å². The van der Waals surface area contributed by atoms with Gasteiger partial charge in [0.2, 0.25) is 5.88 Å². The van der Waals surface area contributed by atoms with E-state index in [1.807, 2.05) is 23.8 Å². The van der Waals surface area contributed by atoms with E-state index in [-0.39, 0.29) is 12.4 Å². The Kier molecular flexibility index (Phi) is 6.10. The van der Waals surface area contributed by atoms with Gasteiger partial charge in [-0.05, 0) is 19.1 Å². The Morgan fingerprint density at radius 3 is 2.62 bits per heavy atom. The van der Waals surface area contributed by atoms with Gasteiger partial charge in [-0.1, -0.05) is 5.16 Å². The number of ether oxygens (including phenoxy) is 3. The van der Waals surface area contributed by atoms with E-state index in [0.29, 0.717) is 11.6 Å². The van der Waals surface area contributed by atoms with Crippen LogP contribution in [-0.4, -0.2) is 54.6 Å². The second kappa shape index (κ2) is 8.27. The minimum Gasteiger partial charge on any atom is -0.479 e. The van der Waals surface area contributed by atoms with Crippen LogP contribution in [0.5, 0.6) is 5.88 Å². The highest BCUT2D eigenvalue weighted by Gasteiger charge is 2.12. The Morgan fingerprint density at radius 1 is 1.29 bits per heavy atom. The number of aromatic nitrogens is 3. The molecule has 0 aromatic carbocycles. The maximum Gasteiger partial charge on any atom is 0.238 e. The van der Waals surface area contributed by atoms with Crippen molar-refractivity contribution in [3.05, 3.63) is 36.0 Å². The fourth-order valence-electron chi connectivity index (χ4n) is 1.92. The minimum absolute atomic E-state index is 0.108. The van der Waals surface area contributed by atoms with Crippen molar-refractivity contribution in [2.24, 2.45) is 10.9 Å². The van der Waals surface area contributed by atoms with Crippen LogP contribution in [0.4, 0.5) is 0 Å². The Balaban J connectivity index is 2.16. The first-order chi connectivity index (χ1) is 11.6. The molecule has 0 bridgehead atoms. The van der Waals surface area contributed by atoms with Crippen LogP contribution < -0.4 is 10.5 Å². The van der Waals surface area contributed by atoms with Crippen molar-refractivity contribution < 1.29 is 19.0 Å². The van der Waals surface area contributed by atoms with Gasteiger partial charge in [0.05, 0.1) is 19.1 Å². The molecule has 0 saturated heterocycles. The molecule has 0 radical (unpaired) electrons. The standard InChI is InChI=1S/C15H21N5O4/c1-10-7-20(9-17-10)12-6-5-11(18-15(12)23-4)14(16)19-24-8-13(21-2)22-3/h5-7,9,13H,8H2,1-4H3,(H2,16,19). The molecular weight excluding hydrogens is 314 g/mol. The van der Waals surface area contributed by atoms with E-state index in [1.54, 1.807) is 12.4 Å². The number of nitrogens with zero attached hydrogens (tertiary/aromatic N) is 4. The molecule has 0 saturated carbocycles. The summed E-state index contributed by atoms with van der Waals surface area (Å²) in [5.41, 5.74) is 7.95. The van der Waals surface area contributed by atoms with E-state index >= 15 is 0 Å². The first-order valence-corrected chi connectivity index (χ1v) is 7.16. The second-order valence-electron chi connectivity index (χ2n) is 4.82. The second-order valence-corrected chi connectivity index (χ2v) is 4.82. The Labute approximate surface area is 140 Å². The number of pyridine rings is 1. The quantitative estimate of drug-likeness (QED) is 0.330. The lowest BCUT2D eigenvalue weighted by molar-refractivity contribution is -0.140. The Bertz CT molecular complexity index is 697. The van der Waals surface area contributed by atoms with E-state index in [0.717, 1.165) is 11.4 Å². The molecule has 2 N–H and O–H groups in total. The molecule has 0 spiro atoms. The number of methoxy groups -OCH3 is 3. The zero-order valence-electron chi connectivity index (χ0n) is 14.1. The van der Waals surface area contributed by atoms with Gasteiger partial charge in [-0.25, -0.2) is 9.97 Å². The summed E-state index contributed by atoms with van der Waals surface area (Å²) in [7, 11) is 4.55. The molecule has 0 aliphatic heterocycles. The summed E-state index contributed by atoms with van der Waals surface area (Å²) in [5, 5.41) is 3.81. The van der Waals surface area contributed by atoms with Crippen LogP contribution in [0.2, 0.25) is 0 Å². The van der Waals surface area contributed by atoms with E-state index < -0.39 is 6.29 Å². The molecule has 2 aromatic rings. The van der Waals surface area contributed by atoms with E-state index in [1.165, 1.54) is 21.3 Å². The minimum atomic E-state index is -0.518. The number of imidazole rings is 1. The summed E-state index contributed by atoms with van der Waals surface area (Å²) < 4.78 is 17.1. The van der Waals surface area contributed by atoms with Crippen LogP contribution in [0.15, 0.2) is 29.8 Å².